The lowest BCUT2D eigenvalue weighted by atomic mass is 9.96. The molecule has 1 fully saturated rings. The number of nitrogens with zero attached hydrogens (tertiary/aromatic N) is 2. The maximum Gasteiger partial charge on any atom is 0.227 e. The van der Waals surface area contributed by atoms with Gasteiger partial charge >= 0.3 is 0 Å². The second kappa shape index (κ2) is 8.13. The number of rotatable bonds is 4. The number of piperidine rings is 1. The van der Waals surface area contributed by atoms with Gasteiger partial charge in [-0.15, -0.1) is 11.8 Å². The van der Waals surface area contributed by atoms with Crippen LogP contribution in [0.4, 0.5) is 10.8 Å². The van der Waals surface area contributed by atoms with E-state index in [1.165, 1.54) is 15.8 Å². The Hall–Kier alpha value is -2.05. The average Bonchev–Trinajstić information content (AvgIpc) is 3.12. The molecule has 1 saturated heterocycles. The van der Waals surface area contributed by atoms with Crippen molar-refractivity contribution in [2.75, 3.05) is 29.6 Å². The lowest BCUT2D eigenvalue weighted by molar-refractivity contribution is -0.120. The molecule has 2 aromatic carbocycles. The number of anilines is 2. The molecule has 1 amide bonds. The van der Waals surface area contributed by atoms with E-state index in [9.17, 15) is 4.79 Å². The normalized spacial score (nSPS) is 15.2. The Labute approximate surface area is 174 Å². The molecule has 0 spiro atoms. The van der Waals surface area contributed by atoms with Crippen LogP contribution < -0.4 is 10.2 Å². The molecule has 0 radical (unpaired) electrons. The Balaban J connectivity index is 1.40. The maximum absolute atomic E-state index is 12.7. The second-order valence-electron chi connectivity index (χ2n) is 7.41. The SMILES string of the molecule is CSc1cccc(NC(=O)C2CCN(c3nc4c(C)cc(C)cc4s3)CC2)c1. The van der Waals surface area contributed by atoms with Gasteiger partial charge < -0.3 is 10.2 Å². The largest absolute Gasteiger partial charge is 0.348 e. The molecule has 1 aliphatic rings. The standard InChI is InChI=1S/C22H25N3OS2/c1-14-11-15(2)20-19(12-14)28-22(24-20)25-9-7-16(8-10-25)21(26)23-17-5-4-6-18(13-17)27-3/h4-6,11-13,16H,7-10H2,1-3H3,(H,23,26). The monoisotopic (exact) mass is 411 g/mol. The Bertz CT molecular complexity index is 1010. The van der Waals surface area contributed by atoms with Crippen molar-refractivity contribution >= 4 is 50.0 Å². The summed E-state index contributed by atoms with van der Waals surface area (Å²) in [5.74, 6) is 0.196. The van der Waals surface area contributed by atoms with Gasteiger partial charge in [0.1, 0.15) is 0 Å². The number of aryl methyl sites for hydroxylation is 2. The number of thiazole rings is 1. The molecule has 3 aromatic rings. The first-order chi connectivity index (χ1) is 13.5. The Morgan fingerprint density at radius 3 is 2.75 bits per heavy atom. The van der Waals surface area contributed by atoms with Gasteiger partial charge in [-0.2, -0.15) is 0 Å². The predicted molar refractivity (Wildman–Crippen MR) is 121 cm³/mol. The van der Waals surface area contributed by atoms with Gasteiger partial charge in [0.15, 0.2) is 5.13 Å². The van der Waals surface area contributed by atoms with Gasteiger partial charge in [-0.05, 0) is 68.3 Å². The van der Waals surface area contributed by atoms with Crippen LogP contribution in [0.5, 0.6) is 0 Å². The number of benzene rings is 2. The van der Waals surface area contributed by atoms with Crippen LogP contribution in [0, 0.1) is 19.8 Å². The topological polar surface area (TPSA) is 45.2 Å². The molecule has 0 bridgehead atoms. The summed E-state index contributed by atoms with van der Waals surface area (Å²) in [4.78, 5) is 21.1. The van der Waals surface area contributed by atoms with E-state index in [0.717, 1.165) is 47.2 Å². The van der Waals surface area contributed by atoms with E-state index >= 15 is 0 Å². The van der Waals surface area contributed by atoms with Crippen LogP contribution in [-0.2, 0) is 4.79 Å². The van der Waals surface area contributed by atoms with E-state index in [2.05, 4.69) is 42.3 Å². The van der Waals surface area contributed by atoms with Crippen LogP contribution in [0.3, 0.4) is 0 Å². The van der Waals surface area contributed by atoms with Gasteiger partial charge in [0.05, 0.1) is 10.2 Å². The smallest absolute Gasteiger partial charge is 0.227 e. The van der Waals surface area contributed by atoms with Gasteiger partial charge in [-0.3, -0.25) is 4.79 Å². The Morgan fingerprint density at radius 1 is 1.21 bits per heavy atom. The van der Waals surface area contributed by atoms with Gasteiger partial charge in [0.25, 0.3) is 0 Å². The quantitative estimate of drug-likeness (QED) is 0.577. The van der Waals surface area contributed by atoms with Crippen LogP contribution in [-0.4, -0.2) is 30.2 Å². The number of hydrogen-bond acceptors (Lipinski definition) is 5. The van der Waals surface area contributed by atoms with Crippen molar-refractivity contribution in [3.63, 3.8) is 0 Å². The van der Waals surface area contributed by atoms with E-state index in [1.54, 1.807) is 23.1 Å². The Kier molecular flexibility index (Phi) is 5.60. The molecule has 0 saturated carbocycles. The van der Waals surface area contributed by atoms with Gasteiger partial charge in [0, 0.05) is 29.6 Å². The molecule has 4 rings (SSSR count). The van der Waals surface area contributed by atoms with Crippen LogP contribution in [0.2, 0.25) is 0 Å². The summed E-state index contributed by atoms with van der Waals surface area (Å²) in [6, 6.07) is 12.4. The summed E-state index contributed by atoms with van der Waals surface area (Å²) in [5.41, 5.74) is 4.51. The molecular weight excluding hydrogens is 386 g/mol. The number of amides is 1. The first kappa shape index (κ1) is 19.3. The third kappa shape index (κ3) is 4.03. The lowest BCUT2D eigenvalue weighted by Gasteiger charge is -2.31. The Morgan fingerprint density at radius 2 is 2.00 bits per heavy atom. The number of aromatic nitrogens is 1. The van der Waals surface area contributed by atoms with Crippen molar-refractivity contribution in [2.45, 2.75) is 31.6 Å². The zero-order valence-electron chi connectivity index (χ0n) is 16.5. The predicted octanol–water partition coefficient (Wildman–Crippen LogP) is 5.49. The van der Waals surface area contributed by atoms with Gasteiger partial charge in [0.2, 0.25) is 5.91 Å². The molecule has 28 heavy (non-hydrogen) atoms. The number of nitrogens with one attached hydrogen (secondary N) is 1. The molecule has 0 atom stereocenters. The molecule has 1 aliphatic heterocycles. The fourth-order valence-electron chi connectivity index (χ4n) is 3.77. The highest BCUT2D eigenvalue weighted by molar-refractivity contribution is 7.98. The number of fused-ring (bicyclic) bond motifs is 1. The van der Waals surface area contributed by atoms with Gasteiger partial charge in [-0.1, -0.05) is 23.5 Å². The molecule has 0 aliphatic carbocycles. The average molecular weight is 412 g/mol. The van der Waals surface area contributed by atoms with Crippen molar-refractivity contribution in [3.05, 3.63) is 47.5 Å². The highest BCUT2D eigenvalue weighted by Gasteiger charge is 2.26. The highest BCUT2D eigenvalue weighted by atomic mass is 32.2. The molecule has 1 aromatic heterocycles. The summed E-state index contributed by atoms with van der Waals surface area (Å²) in [6.07, 6.45) is 3.77. The first-order valence-corrected chi connectivity index (χ1v) is 11.7. The summed E-state index contributed by atoms with van der Waals surface area (Å²) in [6.45, 7) is 6.01. The molecule has 146 valence electrons. The zero-order chi connectivity index (χ0) is 19.7. The summed E-state index contributed by atoms with van der Waals surface area (Å²) in [5, 5.41) is 4.17. The number of carbonyl (C=O) groups is 1. The summed E-state index contributed by atoms with van der Waals surface area (Å²) < 4.78 is 1.25. The third-order valence-electron chi connectivity index (χ3n) is 5.29. The maximum atomic E-state index is 12.7. The van der Waals surface area contributed by atoms with Crippen molar-refractivity contribution in [1.82, 2.24) is 4.98 Å². The minimum Gasteiger partial charge on any atom is -0.348 e. The molecular formula is C22H25N3OS2. The van der Waals surface area contributed by atoms with Crippen LogP contribution in [0.15, 0.2) is 41.3 Å². The molecule has 0 unspecified atom stereocenters. The molecule has 4 nitrogen and oxygen atoms in total. The van der Waals surface area contributed by atoms with Crippen LogP contribution >= 0.6 is 23.1 Å². The van der Waals surface area contributed by atoms with Gasteiger partial charge in [-0.25, -0.2) is 4.98 Å². The molecule has 2 heterocycles. The van der Waals surface area contributed by atoms with E-state index in [1.807, 2.05) is 24.5 Å². The molecule has 1 N–H and O–H groups in total. The number of hydrogen-bond donors (Lipinski definition) is 1. The third-order valence-corrected chi connectivity index (χ3v) is 7.08. The van der Waals surface area contributed by atoms with E-state index in [4.69, 9.17) is 4.98 Å². The summed E-state index contributed by atoms with van der Waals surface area (Å²) >= 11 is 3.44. The fraction of sp³-hybridized carbons (Fsp3) is 0.364. The minimum atomic E-state index is 0.0625. The number of carbonyl (C=O) groups excluding carboxylic acids is 1. The lowest BCUT2D eigenvalue weighted by Crippen LogP contribution is -2.38. The van der Waals surface area contributed by atoms with E-state index in [0.29, 0.717) is 0 Å². The number of thioether (sulfide) groups is 1. The first-order valence-electron chi connectivity index (χ1n) is 9.61. The van der Waals surface area contributed by atoms with E-state index in [-0.39, 0.29) is 11.8 Å². The second-order valence-corrected chi connectivity index (χ2v) is 9.30. The van der Waals surface area contributed by atoms with E-state index < -0.39 is 0 Å². The van der Waals surface area contributed by atoms with Crippen molar-refractivity contribution in [3.8, 4) is 0 Å². The van der Waals surface area contributed by atoms with Crippen molar-refractivity contribution in [1.29, 1.82) is 0 Å². The highest BCUT2D eigenvalue weighted by Crippen LogP contribution is 2.34. The molecule has 6 heteroatoms. The van der Waals surface area contributed by atoms with Crippen LogP contribution in [0.1, 0.15) is 24.0 Å². The van der Waals surface area contributed by atoms with Crippen molar-refractivity contribution < 1.29 is 4.79 Å². The van der Waals surface area contributed by atoms with Crippen LogP contribution in [0.25, 0.3) is 10.2 Å². The fourth-order valence-corrected chi connectivity index (χ4v) is 5.43. The van der Waals surface area contributed by atoms with Crippen molar-refractivity contribution in [2.24, 2.45) is 5.92 Å². The minimum absolute atomic E-state index is 0.0625. The summed E-state index contributed by atoms with van der Waals surface area (Å²) in [7, 11) is 0. The zero-order valence-corrected chi connectivity index (χ0v) is 18.1.